The van der Waals surface area contributed by atoms with E-state index < -0.39 is 0 Å². The summed E-state index contributed by atoms with van der Waals surface area (Å²) >= 11 is 0. The van der Waals surface area contributed by atoms with E-state index in [-0.39, 0.29) is 0 Å². The van der Waals surface area contributed by atoms with E-state index in [1.807, 2.05) is 0 Å². The van der Waals surface area contributed by atoms with E-state index in [4.69, 9.17) is 0 Å². The second-order valence-corrected chi connectivity index (χ2v) is 5.70. The molecule has 0 aromatic rings. The first-order chi connectivity index (χ1) is 7.88. The third-order valence-electron chi connectivity index (χ3n) is 4.48. The van der Waals surface area contributed by atoms with Crippen LogP contribution in [0.2, 0.25) is 0 Å². The molecule has 0 saturated heterocycles. The summed E-state index contributed by atoms with van der Waals surface area (Å²) in [5, 5.41) is 0. The first-order valence-corrected chi connectivity index (χ1v) is 7.10. The Morgan fingerprint density at radius 2 is 1.50 bits per heavy atom. The Kier molecular flexibility index (Phi) is 4.66. The van der Waals surface area contributed by atoms with Crippen LogP contribution in [0.15, 0.2) is 11.6 Å². The lowest BCUT2D eigenvalue weighted by atomic mass is 9.77. The Labute approximate surface area is 100 Å². The van der Waals surface area contributed by atoms with Crippen molar-refractivity contribution >= 4 is 5.87 Å². The van der Waals surface area contributed by atoms with Crippen molar-refractivity contribution in [2.75, 3.05) is 0 Å². The Morgan fingerprint density at radius 1 is 0.875 bits per heavy atom. The van der Waals surface area contributed by atoms with E-state index in [1.54, 1.807) is 0 Å². The molecule has 0 aromatic carbocycles. The highest BCUT2D eigenvalue weighted by atomic mass is 14.8. The Morgan fingerprint density at radius 3 is 2.12 bits per heavy atom. The maximum absolute atomic E-state index is 4.30. The molecule has 0 N–H and O–H groups in total. The molecule has 0 spiro atoms. The van der Waals surface area contributed by atoms with E-state index >= 15 is 0 Å². The lowest BCUT2D eigenvalue weighted by Gasteiger charge is -2.30. The molecular weight excluding hydrogens is 194 g/mol. The second kappa shape index (κ2) is 6.25. The molecule has 2 fully saturated rings. The average molecular weight is 219 g/mol. The molecule has 2 aliphatic carbocycles. The molecule has 0 aliphatic heterocycles. The fraction of sp³-hybridized carbons (Fsp3) is 0.867. The number of rotatable bonds is 3. The highest BCUT2D eigenvalue weighted by Crippen LogP contribution is 2.35. The molecule has 2 rings (SSSR count). The Balaban J connectivity index is 1.70. The van der Waals surface area contributed by atoms with Crippen LogP contribution in [-0.4, -0.2) is 11.9 Å². The molecule has 0 amide bonds. The van der Waals surface area contributed by atoms with Gasteiger partial charge in [0.1, 0.15) is 0 Å². The molecule has 16 heavy (non-hydrogen) atoms. The van der Waals surface area contributed by atoms with Gasteiger partial charge in [-0.2, -0.15) is 0 Å². The molecule has 0 bridgehead atoms. The molecule has 0 aromatic heterocycles. The monoisotopic (exact) mass is 219 g/mol. The summed E-state index contributed by atoms with van der Waals surface area (Å²) in [5.41, 5.74) is 0. The van der Waals surface area contributed by atoms with Crippen LogP contribution in [0.25, 0.3) is 0 Å². The fourth-order valence-electron chi connectivity index (χ4n) is 3.53. The number of hydrogen-bond donors (Lipinski definition) is 0. The van der Waals surface area contributed by atoms with Crippen LogP contribution < -0.4 is 0 Å². The molecule has 2 saturated carbocycles. The molecular formula is C15H25N. The van der Waals surface area contributed by atoms with Gasteiger partial charge in [-0.1, -0.05) is 32.1 Å². The van der Waals surface area contributed by atoms with E-state index in [0.29, 0.717) is 6.04 Å². The van der Waals surface area contributed by atoms with E-state index in [0.717, 1.165) is 11.8 Å². The largest absolute Gasteiger partial charge is 0.240 e. The topological polar surface area (TPSA) is 12.4 Å². The van der Waals surface area contributed by atoms with Crippen LogP contribution in [0.3, 0.4) is 0 Å². The standard InChI is InChI=1S/C15H25N/c1-2-16-15-10-8-14(9-11-15)12-13-6-4-3-5-7-13/h13-15H,1,3-12H2. The van der Waals surface area contributed by atoms with Gasteiger partial charge >= 0.3 is 0 Å². The fourth-order valence-corrected chi connectivity index (χ4v) is 3.53. The van der Waals surface area contributed by atoms with Gasteiger partial charge < -0.3 is 0 Å². The highest BCUT2D eigenvalue weighted by Gasteiger charge is 2.24. The first-order valence-electron chi connectivity index (χ1n) is 7.10. The van der Waals surface area contributed by atoms with Crippen molar-refractivity contribution in [1.29, 1.82) is 0 Å². The second-order valence-electron chi connectivity index (χ2n) is 5.70. The average Bonchev–Trinajstić information content (AvgIpc) is 2.33. The van der Waals surface area contributed by atoms with Crippen molar-refractivity contribution < 1.29 is 0 Å². The zero-order chi connectivity index (χ0) is 11.2. The summed E-state index contributed by atoms with van der Waals surface area (Å²) < 4.78 is 0. The van der Waals surface area contributed by atoms with Gasteiger partial charge in [0.05, 0.1) is 6.04 Å². The number of hydrogen-bond acceptors (Lipinski definition) is 1. The summed E-state index contributed by atoms with van der Waals surface area (Å²) in [6.07, 6.45) is 14.3. The lowest BCUT2D eigenvalue weighted by Crippen LogP contribution is -2.20. The maximum Gasteiger partial charge on any atom is 0.0593 e. The maximum atomic E-state index is 4.30. The Bertz CT molecular complexity index is 238. The van der Waals surface area contributed by atoms with Gasteiger partial charge in [-0.3, -0.25) is 0 Å². The van der Waals surface area contributed by atoms with Gasteiger partial charge in [0, 0.05) is 0 Å². The first kappa shape index (κ1) is 11.9. The molecule has 0 radical (unpaired) electrons. The van der Waals surface area contributed by atoms with Gasteiger partial charge in [0.15, 0.2) is 0 Å². The van der Waals surface area contributed by atoms with Crippen LogP contribution in [0.1, 0.15) is 64.2 Å². The van der Waals surface area contributed by atoms with Gasteiger partial charge in [-0.05, 0) is 56.4 Å². The van der Waals surface area contributed by atoms with Crippen LogP contribution in [0, 0.1) is 11.8 Å². The molecule has 0 atom stereocenters. The van der Waals surface area contributed by atoms with Crippen molar-refractivity contribution in [1.82, 2.24) is 0 Å². The smallest absolute Gasteiger partial charge is 0.0593 e. The molecule has 0 heterocycles. The molecule has 1 nitrogen and oxygen atoms in total. The Hall–Kier alpha value is -0.550. The van der Waals surface area contributed by atoms with Crippen molar-refractivity contribution in [3.63, 3.8) is 0 Å². The van der Waals surface area contributed by atoms with Gasteiger partial charge in [-0.15, -0.1) is 0 Å². The van der Waals surface area contributed by atoms with Crippen LogP contribution in [-0.2, 0) is 0 Å². The SMILES string of the molecule is C=C=NC1CCC(CC2CCCCC2)CC1. The molecule has 2 aliphatic rings. The quantitative estimate of drug-likeness (QED) is 0.625. The molecule has 1 heteroatoms. The van der Waals surface area contributed by atoms with Crippen molar-refractivity contribution in [3.05, 3.63) is 6.58 Å². The minimum absolute atomic E-state index is 0.542. The van der Waals surface area contributed by atoms with E-state index in [1.165, 1.54) is 64.2 Å². The van der Waals surface area contributed by atoms with Crippen molar-refractivity contribution in [2.24, 2.45) is 16.8 Å². The predicted molar refractivity (Wildman–Crippen MR) is 70.0 cm³/mol. The van der Waals surface area contributed by atoms with Crippen LogP contribution >= 0.6 is 0 Å². The summed E-state index contributed by atoms with van der Waals surface area (Å²) in [6.45, 7) is 3.58. The zero-order valence-corrected chi connectivity index (χ0v) is 10.5. The number of aliphatic imine (C=N–C) groups is 1. The van der Waals surface area contributed by atoms with E-state index in [9.17, 15) is 0 Å². The molecule has 90 valence electrons. The normalized spacial score (nSPS) is 32.0. The summed E-state index contributed by atoms with van der Waals surface area (Å²) in [5.74, 6) is 4.76. The van der Waals surface area contributed by atoms with Crippen molar-refractivity contribution in [2.45, 2.75) is 70.3 Å². The third kappa shape index (κ3) is 3.49. The summed E-state index contributed by atoms with van der Waals surface area (Å²) in [6, 6.07) is 0.542. The minimum Gasteiger partial charge on any atom is -0.240 e. The van der Waals surface area contributed by atoms with Crippen LogP contribution in [0.4, 0.5) is 0 Å². The van der Waals surface area contributed by atoms with Gasteiger partial charge in [-0.25, -0.2) is 4.99 Å². The van der Waals surface area contributed by atoms with E-state index in [2.05, 4.69) is 17.4 Å². The summed E-state index contributed by atoms with van der Waals surface area (Å²) in [4.78, 5) is 4.30. The molecule has 0 unspecified atom stereocenters. The predicted octanol–water partition coefficient (Wildman–Crippen LogP) is 4.37. The van der Waals surface area contributed by atoms with Crippen LogP contribution in [0.5, 0.6) is 0 Å². The summed E-state index contributed by atoms with van der Waals surface area (Å²) in [7, 11) is 0. The van der Waals surface area contributed by atoms with Crippen molar-refractivity contribution in [3.8, 4) is 0 Å². The van der Waals surface area contributed by atoms with Gasteiger partial charge in [0.2, 0.25) is 0 Å². The number of nitrogens with zero attached hydrogens (tertiary/aromatic N) is 1. The van der Waals surface area contributed by atoms with Gasteiger partial charge in [0.25, 0.3) is 0 Å². The minimum atomic E-state index is 0.542. The lowest BCUT2D eigenvalue weighted by molar-refractivity contribution is 0.235. The third-order valence-corrected chi connectivity index (χ3v) is 4.48. The highest BCUT2D eigenvalue weighted by molar-refractivity contribution is 5.46. The zero-order valence-electron chi connectivity index (χ0n) is 10.5.